The van der Waals surface area contributed by atoms with Crippen LogP contribution in [0.5, 0.6) is 5.75 Å². The lowest BCUT2D eigenvalue weighted by Gasteiger charge is -2.27. The van der Waals surface area contributed by atoms with E-state index in [1.165, 1.54) is 6.07 Å². The summed E-state index contributed by atoms with van der Waals surface area (Å²) in [5, 5.41) is 5.52. The summed E-state index contributed by atoms with van der Waals surface area (Å²) in [4.78, 5) is 53.0. The van der Waals surface area contributed by atoms with E-state index in [1.807, 2.05) is 0 Å². The Kier molecular flexibility index (Phi) is 11.3. The van der Waals surface area contributed by atoms with Gasteiger partial charge in [-0.1, -0.05) is 11.2 Å². The summed E-state index contributed by atoms with van der Waals surface area (Å²) in [5.41, 5.74) is 8.39. The minimum absolute atomic E-state index is 0.0530. The van der Waals surface area contributed by atoms with E-state index < -0.39 is 29.7 Å². The molecule has 1 aromatic carbocycles. The fraction of sp³-hybridized carbons (Fsp3) is 0.565. The maximum absolute atomic E-state index is 13.0. The lowest BCUT2D eigenvalue weighted by Crippen LogP contribution is -2.54. The van der Waals surface area contributed by atoms with Crippen molar-refractivity contribution in [1.29, 1.82) is 0 Å². The summed E-state index contributed by atoms with van der Waals surface area (Å²) in [6.07, 6.45) is 0.139. The third-order valence-corrected chi connectivity index (χ3v) is 5.43. The number of carbonyl (C=O) groups is 4. The Labute approximate surface area is 212 Å². The van der Waals surface area contributed by atoms with Gasteiger partial charge < -0.3 is 23.7 Å². The van der Waals surface area contributed by atoms with Gasteiger partial charge in [0.15, 0.2) is 0 Å². The molecule has 0 radical (unpaired) electrons. The SMILES string of the molecule is [N-]=[N+]=NCCOCCOCCOCCOCCOc1cccc2c1C(=O)N(C1CCC(=O)NC1=O)C2=O. The standard InChI is InChI=1S/C23H29N5O9/c24-27-25-6-7-33-8-9-34-10-11-35-12-13-36-14-15-37-18-3-1-2-16-20(18)23(32)28(22(16)31)17-4-5-19(29)26-21(17)30/h1-3,17H,4-15H2,(H,26,29,30). The number of nitrogens with zero attached hydrogens (tertiary/aromatic N) is 4. The maximum Gasteiger partial charge on any atom is 0.266 e. The second kappa shape index (κ2) is 14.9. The molecule has 1 atom stereocenters. The minimum atomic E-state index is -1.03. The highest BCUT2D eigenvalue weighted by atomic mass is 16.6. The van der Waals surface area contributed by atoms with Crippen molar-refractivity contribution in [2.24, 2.45) is 5.11 Å². The van der Waals surface area contributed by atoms with Crippen LogP contribution < -0.4 is 10.1 Å². The molecule has 0 saturated carbocycles. The number of carbonyl (C=O) groups excluding carboxylic acids is 4. The quantitative estimate of drug-likeness (QED) is 0.103. The molecule has 0 aromatic heterocycles. The van der Waals surface area contributed by atoms with E-state index >= 15 is 0 Å². The van der Waals surface area contributed by atoms with Gasteiger partial charge in [0, 0.05) is 17.9 Å². The molecule has 0 aliphatic carbocycles. The van der Waals surface area contributed by atoms with Crippen LogP contribution in [0.3, 0.4) is 0 Å². The molecule has 2 aliphatic rings. The fourth-order valence-electron chi connectivity index (χ4n) is 3.73. The van der Waals surface area contributed by atoms with Crippen molar-refractivity contribution in [3.63, 3.8) is 0 Å². The molecule has 0 spiro atoms. The van der Waals surface area contributed by atoms with Crippen molar-refractivity contribution >= 4 is 23.6 Å². The van der Waals surface area contributed by atoms with Gasteiger partial charge in [0.1, 0.15) is 18.4 Å². The average Bonchev–Trinajstić information content (AvgIpc) is 3.14. The molecule has 2 heterocycles. The second-order valence-electron chi connectivity index (χ2n) is 7.88. The van der Waals surface area contributed by atoms with Gasteiger partial charge >= 0.3 is 0 Å². The number of fused-ring (bicyclic) bond motifs is 1. The molecular weight excluding hydrogens is 490 g/mol. The number of hydrogen-bond donors (Lipinski definition) is 1. The third-order valence-electron chi connectivity index (χ3n) is 5.43. The number of imide groups is 2. The van der Waals surface area contributed by atoms with Crippen LogP contribution >= 0.6 is 0 Å². The first-order chi connectivity index (χ1) is 18.0. The van der Waals surface area contributed by atoms with Gasteiger partial charge in [-0.2, -0.15) is 0 Å². The highest BCUT2D eigenvalue weighted by Gasteiger charge is 2.45. The van der Waals surface area contributed by atoms with Crippen molar-refractivity contribution in [3.8, 4) is 5.75 Å². The summed E-state index contributed by atoms with van der Waals surface area (Å²) in [5.74, 6) is -2.08. The Hall–Kier alpha value is -3.55. The second-order valence-corrected chi connectivity index (χ2v) is 7.88. The number of azide groups is 1. The molecule has 37 heavy (non-hydrogen) atoms. The number of benzene rings is 1. The number of amides is 4. The molecule has 1 saturated heterocycles. The molecule has 1 aromatic rings. The summed E-state index contributed by atoms with van der Waals surface area (Å²) < 4.78 is 27.1. The molecule has 1 N–H and O–H groups in total. The van der Waals surface area contributed by atoms with E-state index in [0.717, 1.165) is 4.90 Å². The molecular formula is C23H29N5O9. The third kappa shape index (κ3) is 7.97. The monoisotopic (exact) mass is 519 g/mol. The molecule has 14 nitrogen and oxygen atoms in total. The van der Waals surface area contributed by atoms with Crippen molar-refractivity contribution in [1.82, 2.24) is 10.2 Å². The molecule has 4 amide bonds. The number of nitrogens with one attached hydrogen (secondary N) is 1. The predicted molar refractivity (Wildman–Crippen MR) is 126 cm³/mol. The Bertz CT molecular complexity index is 1030. The van der Waals surface area contributed by atoms with Gasteiger partial charge in [0.05, 0.1) is 64.0 Å². The van der Waals surface area contributed by atoms with Crippen LogP contribution in [0.2, 0.25) is 0 Å². The molecule has 3 rings (SSSR count). The van der Waals surface area contributed by atoms with E-state index in [-0.39, 0.29) is 42.9 Å². The minimum Gasteiger partial charge on any atom is -0.490 e. The Morgan fingerprint density at radius 1 is 0.892 bits per heavy atom. The van der Waals surface area contributed by atoms with Crippen LogP contribution in [0.1, 0.15) is 33.6 Å². The van der Waals surface area contributed by atoms with Gasteiger partial charge in [-0.25, -0.2) is 0 Å². The predicted octanol–water partition coefficient (Wildman–Crippen LogP) is 0.843. The number of hydrogen-bond acceptors (Lipinski definition) is 10. The van der Waals surface area contributed by atoms with E-state index in [0.29, 0.717) is 52.8 Å². The van der Waals surface area contributed by atoms with Gasteiger partial charge in [-0.05, 0) is 24.1 Å². The van der Waals surface area contributed by atoms with Crippen molar-refractivity contribution in [2.75, 3.05) is 66.0 Å². The first kappa shape index (κ1) is 28.0. The smallest absolute Gasteiger partial charge is 0.266 e. The topological polar surface area (TPSA) is 178 Å². The molecule has 200 valence electrons. The summed E-state index contributed by atoms with van der Waals surface area (Å²) in [6, 6.07) is 3.65. The molecule has 1 fully saturated rings. The molecule has 0 bridgehead atoms. The first-order valence-corrected chi connectivity index (χ1v) is 11.8. The highest BCUT2D eigenvalue weighted by molar-refractivity contribution is 6.24. The zero-order chi connectivity index (χ0) is 26.5. The summed E-state index contributed by atoms with van der Waals surface area (Å²) in [6.45, 7) is 3.33. The van der Waals surface area contributed by atoms with E-state index in [9.17, 15) is 19.2 Å². The van der Waals surface area contributed by atoms with Crippen LogP contribution in [-0.2, 0) is 28.5 Å². The zero-order valence-corrected chi connectivity index (χ0v) is 20.3. The average molecular weight is 520 g/mol. The van der Waals surface area contributed by atoms with E-state index in [4.69, 9.17) is 29.2 Å². The fourth-order valence-corrected chi connectivity index (χ4v) is 3.73. The normalized spacial score (nSPS) is 17.0. The van der Waals surface area contributed by atoms with Crippen LogP contribution in [0.25, 0.3) is 10.4 Å². The number of piperidine rings is 1. The molecule has 14 heteroatoms. The van der Waals surface area contributed by atoms with Crippen molar-refractivity contribution in [2.45, 2.75) is 18.9 Å². The molecule has 1 unspecified atom stereocenters. The number of rotatable bonds is 17. The van der Waals surface area contributed by atoms with E-state index in [1.54, 1.807) is 12.1 Å². The van der Waals surface area contributed by atoms with Gasteiger partial charge in [0.25, 0.3) is 11.8 Å². The summed E-state index contributed by atoms with van der Waals surface area (Å²) >= 11 is 0. The molecule has 2 aliphatic heterocycles. The Balaban J connectivity index is 1.30. The Morgan fingerprint density at radius 3 is 2.14 bits per heavy atom. The summed E-state index contributed by atoms with van der Waals surface area (Å²) in [7, 11) is 0. The maximum atomic E-state index is 13.0. The highest BCUT2D eigenvalue weighted by Crippen LogP contribution is 2.33. The largest absolute Gasteiger partial charge is 0.490 e. The van der Waals surface area contributed by atoms with Gasteiger partial charge in [0.2, 0.25) is 11.8 Å². The van der Waals surface area contributed by atoms with Crippen LogP contribution in [-0.4, -0.2) is 101 Å². The van der Waals surface area contributed by atoms with Crippen LogP contribution in [0.15, 0.2) is 23.3 Å². The Morgan fingerprint density at radius 2 is 1.51 bits per heavy atom. The number of ether oxygens (including phenoxy) is 5. The lowest BCUT2D eigenvalue weighted by molar-refractivity contribution is -0.136. The van der Waals surface area contributed by atoms with Gasteiger partial charge in [-0.15, -0.1) is 0 Å². The van der Waals surface area contributed by atoms with Crippen molar-refractivity contribution < 1.29 is 42.9 Å². The van der Waals surface area contributed by atoms with Crippen LogP contribution in [0, 0.1) is 0 Å². The van der Waals surface area contributed by atoms with Crippen molar-refractivity contribution in [3.05, 3.63) is 39.8 Å². The van der Waals surface area contributed by atoms with Gasteiger partial charge in [-0.3, -0.25) is 29.4 Å². The zero-order valence-electron chi connectivity index (χ0n) is 20.3. The lowest BCUT2D eigenvalue weighted by atomic mass is 10.0. The van der Waals surface area contributed by atoms with E-state index in [2.05, 4.69) is 15.3 Å². The van der Waals surface area contributed by atoms with Crippen LogP contribution in [0.4, 0.5) is 0 Å². The first-order valence-electron chi connectivity index (χ1n) is 11.8.